The van der Waals surface area contributed by atoms with E-state index in [0.29, 0.717) is 6.54 Å². The lowest BCUT2D eigenvalue weighted by Crippen LogP contribution is -2.51. The highest BCUT2D eigenvalue weighted by atomic mass is 16.4. The van der Waals surface area contributed by atoms with Crippen LogP contribution in [0.15, 0.2) is 0 Å². The highest BCUT2D eigenvalue weighted by Crippen LogP contribution is 1.95. The first-order valence-corrected chi connectivity index (χ1v) is 5.79. The summed E-state index contributed by atoms with van der Waals surface area (Å²) in [4.78, 5) is 36.5. The first-order chi connectivity index (χ1) is 8.83. The van der Waals surface area contributed by atoms with Crippen molar-refractivity contribution in [3.8, 4) is 12.3 Å². The maximum atomic E-state index is 11.8. The van der Waals surface area contributed by atoms with Gasteiger partial charge in [0.05, 0.1) is 6.54 Å². The van der Waals surface area contributed by atoms with E-state index in [0.717, 1.165) is 4.90 Å². The number of nitrogens with zero attached hydrogens (tertiary/aromatic N) is 2. The first-order valence-electron chi connectivity index (χ1n) is 5.79. The Morgan fingerprint density at radius 3 is 2.42 bits per heavy atom. The Morgan fingerprint density at radius 1 is 1.42 bits per heavy atom. The van der Waals surface area contributed by atoms with Crippen LogP contribution in [0.5, 0.6) is 0 Å². The van der Waals surface area contributed by atoms with Crippen molar-refractivity contribution in [2.45, 2.75) is 19.9 Å². The minimum Gasteiger partial charge on any atom is -0.480 e. The molecule has 2 N–H and O–H groups in total. The Balaban J connectivity index is 4.59. The molecule has 0 aromatic heterocycles. The van der Waals surface area contributed by atoms with Gasteiger partial charge < -0.3 is 20.2 Å². The van der Waals surface area contributed by atoms with Gasteiger partial charge in [0.25, 0.3) is 0 Å². The second-order valence-corrected chi connectivity index (χ2v) is 3.98. The van der Waals surface area contributed by atoms with Gasteiger partial charge >= 0.3 is 12.0 Å². The fourth-order valence-electron chi connectivity index (χ4n) is 1.30. The van der Waals surface area contributed by atoms with Crippen LogP contribution < -0.4 is 5.32 Å². The van der Waals surface area contributed by atoms with E-state index in [-0.39, 0.29) is 12.5 Å². The molecule has 0 bridgehead atoms. The number of nitrogens with one attached hydrogen (secondary N) is 1. The molecule has 0 radical (unpaired) electrons. The van der Waals surface area contributed by atoms with Gasteiger partial charge in [0.2, 0.25) is 5.91 Å². The summed E-state index contributed by atoms with van der Waals surface area (Å²) in [6, 6.07) is -1.42. The summed E-state index contributed by atoms with van der Waals surface area (Å²) in [5.41, 5.74) is 0. The van der Waals surface area contributed by atoms with Crippen molar-refractivity contribution in [3.05, 3.63) is 0 Å². The zero-order chi connectivity index (χ0) is 15.0. The van der Waals surface area contributed by atoms with Gasteiger partial charge in [0.1, 0.15) is 12.6 Å². The third-order valence-corrected chi connectivity index (χ3v) is 2.46. The van der Waals surface area contributed by atoms with E-state index in [9.17, 15) is 14.4 Å². The predicted molar refractivity (Wildman–Crippen MR) is 69.3 cm³/mol. The van der Waals surface area contributed by atoms with Crippen LogP contribution in [0.3, 0.4) is 0 Å². The fraction of sp³-hybridized carbons (Fsp3) is 0.583. The molecule has 106 valence electrons. The number of carboxylic acid groups (broad SMARTS) is 1. The van der Waals surface area contributed by atoms with Crippen molar-refractivity contribution < 1.29 is 19.5 Å². The van der Waals surface area contributed by atoms with Crippen molar-refractivity contribution in [1.82, 2.24) is 15.1 Å². The van der Waals surface area contributed by atoms with Gasteiger partial charge in [-0.15, -0.1) is 6.42 Å². The molecular formula is C12H19N3O4. The molecule has 1 atom stereocenters. The van der Waals surface area contributed by atoms with Crippen LogP contribution in [0, 0.1) is 12.3 Å². The molecule has 0 aromatic rings. The van der Waals surface area contributed by atoms with Gasteiger partial charge in [-0.25, -0.2) is 4.79 Å². The van der Waals surface area contributed by atoms with Crippen LogP contribution in [-0.2, 0) is 9.59 Å². The lowest BCUT2D eigenvalue weighted by molar-refractivity contribution is -0.137. The van der Waals surface area contributed by atoms with Gasteiger partial charge in [-0.2, -0.15) is 0 Å². The maximum absolute atomic E-state index is 11.8. The summed E-state index contributed by atoms with van der Waals surface area (Å²) in [6.07, 6.45) is 5.06. The molecule has 0 fully saturated rings. The summed E-state index contributed by atoms with van der Waals surface area (Å²) in [7, 11) is 1.61. The van der Waals surface area contributed by atoms with Crippen LogP contribution in [0.4, 0.5) is 4.79 Å². The molecule has 1 unspecified atom stereocenters. The van der Waals surface area contributed by atoms with Gasteiger partial charge in [-0.05, 0) is 13.8 Å². The predicted octanol–water partition coefficient (Wildman–Crippen LogP) is -0.417. The summed E-state index contributed by atoms with van der Waals surface area (Å²) in [6.45, 7) is 3.20. The minimum atomic E-state index is -1.17. The molecule has 0 aromatic carbocycles. The van der Waals surface area contributed by atoms with Gasteiger partial charge in [-0.3, -0.25) is 9.59 Å². The Kier molecular flexibility index (Phi) is 7.04. The average Bonchev–Trinajstić information content (AvgIpc) is 2.35. The normalized spacial score (nSPS) is 11.1. The molecule has 3 amide bonds. The number of terminal acetylenes is 1. The molecule has 0 aliphatic rings. The highest BCUT2D eigenvalue weighted by Gasteiger charge is 2.22. The smallest absolute Gasteiger partial charge is 0.323 e. The largest absolute Gasteiger partial charge is 0.480 e. The number of amides is 3. The summed E-state index contributed by atoms with van der Waals surface area (Å²) in [5, 5.41) is 11.1. The highest BCUT2D eigenvalue weighted by molar-refractivity contribution is 5.87. The molecule has 0 saturated carbocycles. The van der Waals surface area contributed by atoms with Crippen LogP contribution in [0.1, 0.15) is 13.8 Å². The Hall–Kier alpha value is -2.23. The number of aliphatic carboxylic acids is 1. The third kappa shape index (κ3) is 5.77. The van der Waals surface area contributed by atoms with Gasteiger partial charge in [0, 0.05) is 13.6 Å². The Labute approximate surface area is 112 Å². The van der Waals surface area contributed by atoms with E-state index in [1.54, 1.807) is 7.05 Å². The van der Waals surface area contributed by atoms with Crippen molar-refractivity contribution in [2.75, 3.05) is 26.7 Å². The molecule has 0 heterocycles. The molecule has 0 rings (SSSR count). The second-order valence-electron chi connectivity index (χ2n) is 3.98. The van der Waals surface area contributed by atoms with Crippen LogP contribution in [0.25, 0.3) is 0 Å². The van der Waals surface area contributed by atoms with Crippen molar-refractivity contribution in [2.24, 2.45) is 0 Å². The topological polar surface area (TPSA) is 90.0 Å². The molecular weight excluding hydrogens is 250 g/mol. The molecule has 0 spiro atoms. The van der Waals surface area contributed by atoms with Crippen LogP contribution in [-0.4, -0.2) is 65.5 Å². The third-order valence-electron chi connectivity index (χ3n) is 2.46. The van der Waals surface area contributed by atoms with Crippen LogP contribution in [0.2, 0.25) is 0 Å². The maximum Gasteiger partial charge on any atom is 0.323 e. The van der Waals surface area contributed by atoms with Gasteiger partial charge in [0.15, 0.2) is 0 Å². The molecule has 7 heteroatoms. The number of likely N-dealkylation sites (N-methyl/N-ethyl adjacent to an activating group) is 1. The fourth-order valence-corrected chi connectivity index (χ4v) is 1.30. The molecule has 0 aliphatic carbocycles. The van der Waals surface area contributed by atoms with E-state index in [4.69, 9.17) is 11.5 Å². The monoisotopic (exact) mass is 269 g/mol. The Morgan fingerprint density at radius 2 is 2.00 bits per heavy atom. The number of carboxylic acids is 1. The van der Waals surface area contributed by atoms with E-state index in [2.05, 4.69) is 11.2 Å². The summed E-state index contributed by atoms with van der Waals surface area (Å²) in [5.74, 6) is 0.768. The number of rotatable bonds is 6. The number of carbonyl (C=O) groups excluding carboxylic acids is 2. The zero-order valence-electron chi connectivity index (χ0n) is 11.3. The van der Waals surface area contributed by atoms with E-state index in [1.807, 2.05) is 6.92 Å². The number of urea groups is 1. The molecule has 0 aliphatic heterocycles. The SMILES string of the molecule is C#CCN(CC(=O)O)C(=O)NC(C)C(=O)N(C)CC. The Bertz CT molecular complexity index is 389. The van der Waals surface area contributed by atoms with Crippen molar-refractivity contribution in [1.29, 1.82) is 0 Å². The number of hydrogen-bond donors (Lipinski definition) is 2. The first kappa shape index (κ1) is 16.8. The molecule has 7 nitrogen and oxygen atoms in total. The minimum absolute atomic E-state index is 0.136. The second kappa shape index (κ2) is 7.97. The lowest BCUT2D eigenvalue weighted by atomic mass is 10.3. The summed E-state index contributed by atoms with van der Waals surface area (Å²) >= 11 is 0. The standard InChI is InChI=1S/C12H19N3O4/c1-5-7-15(8-10(16)17)12(19)13-9(3)11(18)14(4)6-2/h1,9H,6-8H2,2-4H3,(H,13,19)(H,16,17). The van der Waals surface area contributed by atoms with E-state index in [1.165, 1.54) is 11.8 Å². The van der Waals surface area contributed by atoms with Crippen molar-refractivity contribution in [3.63, 3.8) is 0 Å². The number of carbonyl (C=O) groups is 3. The average molecular weight is 269 g/mol. The quantitative estimate of drug-likeness (QED) is 0.641. The molecule has 0 saturated heterocycles. The molecule has 19 heavy (non-hydrogen) atoms. The van der Waals surface area contributed by atoms with E-state index < -0.39 is 24.6 Å². The zero-order valence-corrected chi connectivity index (χ0v) is 11.3. The number of hydrogen-bond acceptors (Lipinski definition) is 3. The van der Waals surface area contributed by atoms with E-state index >= 15 is 0 Å². The van der Waals surface area contributed by atoms with Crippen molar-refractivity contribution >= 4 is 17.9 Å². The van der Waals surface area contributed by atoms with Gasteiger partial charge in [-0.1, -0.05) is 5.92 Å². The summed E-state index contributed by atoms with van der Waals surface area (Å²) < 4.78 is 0. The lowest BCUT2D eigenvalue weighted by Gasteiger charge is -2.24. The van der Waals surface area contributed by atoms with Crippen LogP contribution >= 0.6 is 0 Å².